The van der Waals surface area contributed by atoms with Gasteiger partial charge >= 0.3 is 12.3 Å². The van der Waals surface area contributed by atoms with E-state index in [0.29, 0.717) is 24.1 Å². The van der Waals surface area contributed by atoms with E-state index in [1.807, 2.05) is 0 Å². The van der Waals surface area contributed by atoms with Gasteiger partial charge in [-0.1, -0.05) is 40.8 Å². The summed E-state index contributed by atoms with van der Waals surface area (Å²) in [7, 11) is 1.42. The molecule has 33 heavy (non-hydrogen) atoms. The van der Waals surface area contributed by atoms with Gasteiger partial charge in [0.15, 0.2) is 6.61 Å². The second kappa shape index (κ2) is 10.9. The lowest BCUT2D eigenvalue weighted by atomic mass is 9.93. The van der Waals surface area contributed by atoms with Crippen LogP contribution in [-0.2, 0) is 4.84 Å². The maximum Gasteiger partial charge on any atom is 0.422 e. The number of aromatic nitrogens is 2. The Morgan fingerprint density at radius 3 is 2.70 bits per heavy atom. The van der Waals surface area contributed by atoms with E-state index in [9.17, 15) is 18.0 Å². The Bertz CT molecular complexity index is 1040. The van der Waals surface area contributed by atoms with Crippen LogP contribution >= 0.6 is 23.2 Å². The highest BCUT2D eigenvalue weighted by Crippen LogP contribution is 2.35. The number of nitrogens with zero attached hydrogens (tertiary/aromatic N) is 3. The lowest BCUT2D eigenvalue weighted by Gasteiger charge is -2.23. The van der Waals surface area contributed by atoms with Crippen molar-refractivity contribution in [3.8, 4) is 22.9 Å². The molecule has 1 atom stereocenters. The number of hydrogen-bond acceptors (Lipinski definition) is 7. The van der Waals surface area contributed by atoms with Crippen LogP contribution in [0.25, 0.3) is 11.1 Å². The van der Waals surface area contributed by atoms with Crippen LogP contribution in [0.3, 0.4) is 0 Å². The SMILES string of the molecule is CO/N=C1\CCCC[C@@H]1NC(=O)Oc1cc(-c2ccc(Cl)c(Cl)c2)c(OCC(F)(F)F)nn1. The summed E-state index contributed by atoms with van der Waals surface area (Å²) in [6.07, 6.45) is -2.28. The van der Waals surface area contributed by atoms with Gasteiger partial charge in [-0.15, -0.1) is 10.2 Å². The van der Waals surface area contributed by atoms with Crippen molar-refractivity contribution in [1.29, 1.82) is 0 Å². The lowest BCUT2D eigenvalue weighted by Crippen LogP contribution is -2.44. The Balaban J connectivity index is 1.82. The quantitative estimate of drug-likeness (QED) is 0.525. The zero-order chi connectivity index (χ0) is 24.0. The molecule has 1 saturated carbocycles. The summed E-state index contributed by atoms with van der Waals surface area (Å²) in [5.41, 5.74) is 1.10. The first kappa shape index (κ1) is 24.8. The van der Waals surface area contributed by atoms with Crippen molar-refractivity contribution in [3.63, 3.8) is 0 Å². The zero-order valence-electron chi connectivity index (χ0n) is 17.3. The standard InChI is InChI=1S/C20H19Cl2F3N4O4/c1-31-29-16-5-3-2-4-15(16)26-19(30)33-17-9-12(11-6-7-13(21)14(22)8-11)18(28-27-17)32-10-20(23,24)25/h6-9,15H,2-5,10H2,1H3,(H,26,30)/b29-16+/t15-/m0/s1. The largest absolute Gasteiger partial charge is 0.466 e. The molecule has 1 aromatic heterocycles. The molecule has 8 nitrogen and oxygen atoms in total. The summed E-state index contributed by atoms with van der Waals surface area (Å²) >= 11 is 12.0. The third kappa shape index (κ3) is 7.10. The number of benzene rings is 1. The number of nitrogens with one attached hydrogen (secondary N) is 1. The summed E-state index contributed by atoms with van der Waals surface area (Å²) in [5, 5.41) is 14.3. The Morgan fingerprint density at radius 1 is 1.21 bits per heavy atom. The van der Waals surface area contributed by atoms with E-state index in [4.69, 9.17) is 37.5 Å². The van der Waals surface area contributed by atoms with E-state index in [0.717, 1.165) is 12.8 Å². The number of oxime groups is 1. The number of ether oxygens (including phenoxy) is 2. The van der Waals surface area contributed by atoms with Gasteiger partial charge in [0, 0.05) is 6.07 Å². The highest BCUT2D eigenvalue weighted by molar-refractivity contribution is 6.42. The van der Waals surface area contributed by atoms with Gasteiger partial charge in [-0.25, -0.2) is 4.79 Å². The summed E-state index contributed by atoms with van der Waals surface area (Å²) < 4.78 is 47.9. The van der Waals surface area contributed by atoms with Crippen molar-refractivity contribution >= 4 is 35.0 Å². The number of alkyl halides is 3. The minimum absolute atomic E-state index is 0.0786. The van der Waals surface area contributed by atoms with Gasteiger partial charge in [-0.05, 0) is 37.0 Å². The normalized spacial score (nSPS) is 17.5. The van der Waals surface area contributed by atoms with Crippen molar-refractivity contribution in [2.45, 2.75) is 37.9 Å². The molecular weight excluding hydrogens is 488 g/mol. The molecule has 0 radical (unpaired) electrons. The van der Waals surface area contributed by atoms with Gasteiger partial charge in [0.1, 0.15) is 7.11 Å². The molecule has 1 heterocycles. The average Bonchev–Trinajstić information content (AvgIpc) is 2.75. The second-order valence-electron chi connectivity index (χ2n) is 7.03. The zero-order valence-corrected chi connectivity index (χ0v) is 18.8. The first-order valence-electron chi connectivity index (χ1n) is 9.77. The Hall–Kier alpha value is -2.79. The molecule has 1 aromatic carbocycles. The fourth-order valence-corrected chi connectivity index (χ4v) is 3.48. The smallest absolute Gasteiger partial charge is 0.422 e. The van der Waals surface area contributed by atoms with Gasteiger partial charge in [0.25, 0.3) is 0 Å². The van der Waals surface area contributed by atoms with E-state index < -0.39 is 24.8 Å². The van der Waals surface area contributed by atoms with Crippen LogP contribution in [0.2, 0.25) is 10.0 Å². The van der Waals surface area contributed by atoms with Crippen molar-refractivity contribution in [1.82, 2.24) is 15.5 Å². The monoisotopic (exact) mass is 506 g/mol. The molecule has 1 fully saturated rings. The van der Waals surface area contributed by atoms with Crippen LogP contribution in [0.15, 0.2) is 29.4 Å². The van der Waals surface area contributed by atoms with E-state index in [2.05, 4.69) is 20.7 Å². The number of amides is 1. The first-order valence-corrected chi connectivity index (χ1v) is 10.5. The highest BCUT2D eigenvalue weighted by Gasteiger charge is 2.30. The van der Waals surface area contributed by atoms with Crippen molar-refractivity contribution in [2.24, 2.45) is 5.16 Å². The molecule has 0 spiro atoms. The Kier molecular flexibility index (Phi) is 8.20. The third-order valence-electron chi connectivity index (χ3n) is 4.62. The molecule has 13 heteroatoms. The molecule has 1 N–H and O–H groups in total. The predicted molar refractivity (Wildman–Crippen MR) is 115 cm³/mol. The van der Waals surface area contributed by atoms with Crippen LogP contribution < -0.4 is 14.8 Å². The fraction of sp³-hybridized carbons (Fsp3) is 0.400. The number of carbonyl (C=O) groups is 1. The number of halogens is 5. The highest BCUT2D eigenvalue weighted by atomic mass is 35.5. The number of rotatable bonds is 6. The molecular formula is C20H19Cl2F3N4O4. The van der Waals surface area contributed by atoms with Crippen LogP contribution in [0.1, 0.15) is 25.7 Å². The minimum atomic E-state index is -4.59. The molecule has 2 aromatic rings. The van der Waals surface area contributed by atoms with Crippen molar-refractivity contribution < 1.29 is 32.3 Å². The van der Waals surface area contributed by atoms with Crippen LogP contribution in [0.4, 0.5) is 18.0 Å². The lowest BCUT2D eigenvalue weighted by molar-refractivity contribution is -0.154. The molecule has 0 saturated heterocycles. The molecule has 1 aliphatic carbocycles. The molecule has 1 aliphatic rings. The fourth-order valence-electron chi connectivity index (χ4n) is 3.18. The summed E-state index contributed by atoms with van der Waals surface area (Å²) in [6.45, 7) is -1.58. The van der Waals surface area contributed by atoms with Gasteiger partial charge in [-0.2, -0.15) is 13.2 Å². The van der Waals surface area contributed by atoms with E-state index in [-0.39, 0.29) is 27.5 Å². The Morgan fingerprint density at radius 2 is 2.00 bits per heavy atom. The van der Waals surface area contributed by atoms with E-state index in [1.165, 1.54) is 31.4 Å². The first-order chi connectivity index (χ1) is 15.7. The maximum atomic E-state index is 12.6. The molecule has 178 valence electrons. The minimum Gasteiger partial charge on any atom is -0.466 e. The third-order valence-corrected chi connectivity index (χ3v) is 5.36. The summed E-state index contributed by atoms with van der Waals surface area (Å²) in [4.78, 5) is 17.2. The van der Waals surface area contributed by atoms with Crippen molar-refractivity contribution in [2.75, 3.05) is 13.7 Å². The summed E-state index contributed by atoms with van der Waals surface area (Å²) in [6, 6.07) is 5.23. The van der Waals surface area contributed by atoms with Crippen LogP contribution in [-0.4, -0.2) is 47.9 Å². The van der Waals surface area contributed by atoms with Crippen LogP contribution in [0.5, 0.6) is 11.8 Å². The van der Waals surface area contributed by atoms with Gasteiger partial charge in [0.2, 0.25) is 11.8 Å². The van der Waals surface area contributed by atoms with Crippen molar-refractivity contribution in [3.05, 3.63) is 34.3 Å². The predicted octanol–water partition coefficient (Wildman–Crippen LogP) is 5.42. The van der Waals surface area contributed by atoms with E-state index >= 15 is 0 Å². The molecule has 0 bridgehead atoms. The van der Waals surface area contributed by atoms with Gasteiger partial charge < -0.3 is 19.6 Å². The van der Waals surface area contributed by atoms with E-state index in [1.54, 1.807) is 0 Å². The van der Waals surface area contributed by atoms with Gasteiger partial charge in [0.05, 0.1) is 27.4 Å². The van der Waals surface area contributed by atoms with Gasteiger partial charge in [-0.3, -0.25) is 0 Å². The Labute approximate surface area is 197 Å². The number of carbonyl (C=O) groups excluding carboxylic acids is 1. The second-order valence-corrected chi connectivity index (χ2v) is 7.85. The number of hydrogen-bond donors (Lipinski definition) is 1. The molecule has 3 rings (SSSR count). The molecule has 0 unspecified atom stereocenters. The average molecular weight is 507 g/mol. The maximum absolute atomic E-state index is 12.6. The topological polar surface area (TPSA) is 94.9 Å². The summed E-state index contributed by atoms with van der Waals surface area (Å²) in [5.74, 6) is -0.672. The van der Waals surface area contributed by atoms with Crippen LogP contribution in [0, 0.1) is 0 Å². The molecule has 1 amide bonds. The molecule has 0 aliphatic heterocycles.